The van der Waals surface area contributed by atoms with Gasteiger partial charge in [-0.3, -0.25) is 4.79 Å². The van der Waals surface area contributed by atoms with E-state index in [0.29, 0.717) is 0 Å². The summed E-state index contributed by atoms with van der Waals surface area (Å²) in [5, 5.41) is 1.78. The van der Waals surface area contributed by atoms with E-state index in [0.717, 1.165) is 0 Å². The number of nitrogens with one attached hydrogen (secondary N) is 1. The largest absolute Gasteiger partial charge is 0.446 e. The van der Waals surface area contributed by atoms with Crippen LogP contribution in [0.4, 0.5) is 22.0 Å². The number of amides is 1. The van der Waals surface area contributed by atoms with Gasteiger partial charge in [0, 0.05) is 6.04 Å². The molecular formula is C7H8F5NO. The summed E-state index contributed by atoms with van der Waals surface area (Å²) < 4.78 is 59.2. The van der Waals surface area contributed by atoms with E-state index in [1.165, 1.54) is 13.8 Å². The molecule has 0 aromatic rings. The number of carbonyl (C=O) groups is 1. The molecule has 0 aliphatic heterocycles. The quantitative estimate of drug-likeness (QED) is 0.557. The lowest BCUT2D eigenvalue weighted by atomic mass is 10.3. The number of alkyl halides is 3. The van der Waals surface area contributed by atoms with Crippen molar-refractivity contribution < 1.29 is 26.7 Å². The molecule has 0 aliphatic rings. The number of allylic oxidation sites excluding steroid dienone is 1. The van der Waals surface area contributed by atoms with Gasteiger partial charge in [0.05, 0.1) is 0 Å². The molecule has 1 N–H and O–H groups in total. The van der Waals surface area contributed by atoms with Crippen LogP contribution in [-0.4, -0.2) is 18.1 Å². The fraction of sp³-hybridized carbons (Fsp3) is 0.571. The fourth-order valence-corrected chi connectivity index (χ4v) is 0.550. The highest BCUT2D eigenvalue weighted by atomic mass is 19.4. The Morgan fingerprint density at radius 3 is 1.93 bits per heavy atom. The second-order valence-electron chi connectivity index (χ2n) is 2.75. The number of rotatable bonds is 2. The predicted octanol–water partition coefficient (Wildman–Crippen LogP) is 2.22. The molecule has 0 aromatic heterocycles. The highest BCUT2D eigenvalue weighted by Crippen LogP contribution is 2.29. The third-order valence-electron chi connectivity index (χ3n) is 1.06. The van der Waals surface area contributed by atoms with Crippen LogP contribution in [0.15, 0.2) is 11.7 Å². The van der Waals surface area contributed by atoms with Crippen LogP contribution in [0.2, 0.25) is 0 Å². The zero-order valence-electron chi connectivity index (χ0n) is 7.38. The molecule has 0 saturated heterocycles. The molecule has 0 heterocycles. The second kappa shape index (κ2) is 4.39. The van der Waals surface area contributed by atoms with Gasteiger partial charge in [0.2, 0.25) is 11.7 Å². The van der Waals surface area contributed by atoms with Gasteiger partial charge < -0.3 is 5.32 Å². The van der Waals surface area contributed by atoms with Crippen LogP contribution < -0.4 is 5.32 Å². The van der Waals surface area contributed by atoms with Crippen molar-refractivity contribution in [2.45, 2.75) is 26.1 Å². The SMILES string of the molecule is CC(C)NC(=O)C(F)=C(F)C(F)(F)F. The Balaban J connectivity index is 4.75. The summed E-state index contributed by atoms with van der Waals surface area (Å²) in [6.45, 7) is 2.80. The lowest BCUT2D eigenvalue weighted by molar-refractivity contribution is -0.125. The molecule has 2 nitrogen and oxygen atoms in total. The zero-order chi connectivity index (χ0) is 11.5. The van der Waals surface area contributed by atoms with E-state index in [1.807, 2.05) is 0 Å². The monoisotopic (exact) mass is 217 g/mol. The van der Waals surface area contributed by atoms with Gasteiger partial charge in [-0.15, -0.1) is 0 Å². The molecule has 0 rings (SSSR count). The van der Waals surface area contributed by atoms with E-state index in [2.05, 4.69) is 0 Å². The Morgan fingerprint density at radius 1 is 1.21 bits per heavy atom. The molecule has 0 atom stereocenters. The molecule has 0 aromatic carbocycles. The third-order valence-corrected chi connectivity index (χ3v) is 1.06. The van der Waals surface area contributed by atoms with Gasteiger partial charge >= 0.3 is 6.18 Å². The van der Waals surface area contributed by atoms with Gasteiger partial charge in [0.1, 0.15) is 0 Å². The van der Waals surface area contributed by atoms with Gasteiger partial charge in [-0.1, -0.05) is 0 Å². The molecule has 14 heavy (non-hydrogen) atoms. The fourth-order valence-electron chi connectivity index (χ4n) is 0.550. The minimum absolute atomic E-state index is 0.575. The van der Waals surface area contributed by atoms with Crippen LogP contribution in [0, 0.1) is 0 Å². The second-order valence-corrected chi connectivity index (χ2v) is 2.75. The summed E-state index contributed by atoms with van der Waals surface area (Å²) in [6.07, 6.45) is -5.47. The molecule has 0 fully saturated rings. The predicted molar refractivity (Wildman–Crippen MR) is 38.6 cm³/mol. The standard InChI is InChI=1S/C7H8F5NO/c1-3(2)13-6(14)4(8)5(9)7(10,11)12/h3H,1-2H3,(H,13,14). The van der Waals surface area contributed by atoms with E-state index >= 15 is 0 Å². The topological polar surface area (TPSA) is 29.1 Å². The summed E-state index contributed by atoms with van der Waals surface area (Å²) in [6, 6.07) is -0.575. The van der Waals surface area contributed by atoms with E-state index in [1.54, 1.807) is 5.32 Å². The van der Waals surface area contributed by atoms with Crippen molar-refractivity contribution in [1.82, 2.24) is 5.32 Å². The van der Waals surface area contributed by atoms with Crippen molar-refractivity contribution in [2.24, 2.45) is 0 Å². The average Bonchev–Trinajstić information content (AvgIpc) is 1.98. The Kier molecular flexibility index (Phi) is 4.03. The molecule has 0 bridgehead atoms. The highest BCUT2D eigenvalue weighted by Gasteiger charge is 2.40. The summed E-state index contributed by atoms with van der Waals surface area (Å²) in [5.74, 6) is -7.18. The van der Waals surface area contributed by atoms with Crippen LogP contribution in [0.25, 0.3) is 0 Å². The minimum atomic E-state index is -5.47. The maximum absolute atomic E-state index is 12.4. The highest BCUT2D eigenvalue weighted by molar-refractivity contribution is 5.91. The van der Waals surface area contributed by atoms with Gasteiger partial charge in [-0.2, -0.15) is 22.0 Å². The molecule has 0 unspecified atom stereocenters. The smallest absolute Gasteiger partial charge is 0.348 e. The molecule has 0 aliphatic carbocycles. The summed E-state index contributed by atoms with van der Waals surface area (Å²) >= 11 is 0. The van der Waals surface area contributed by atoms with Crippen LogP contribution >= 0.6 is 0 Å². The minimum Gasteiger partial charge on any atom is -0.348 e. The normalized spacial score (nSPS) is 14.0. The lowest BCUT2D eigenvalue weighted by Crippen LogP contribution is -2.31. The molecule has 0 spiro atoms. The molecule has 0 saturated carbocycles. The Labute approximate surface area is 76.8 Å². The van der Waals surface area contributed by atoms with Crippen molar-refractivity contribution in [2.75, 3.05) is 0 Å². The summed E-state index contributed by atoms with van der Waals surface area (Å²) in [7, 11) is 0. The van der Waals surface area contributed by atoms with E-state index in [-0.39, 0.29) is 0 Å². The zero-order valence-corrected chi connectivity index (χ0v) is 7.38. The van der Waals surface area contributed by atoms with Crippen LogP contribution in [0.5, 0.6) is 0 Å². The maximum Gasteiger partial charge on any atom is 0.446 e. The van der Waals surface area contributed by atoms with Crippen LogP contribution in [0.1, 0.15) is 13.8 Å². The van der Waals surface area contributed by atoms with Crippen molar-refractivity contribution in [3.63, 3.8) is 0 Å². The van der Waals surface area contributed by atoms with Gasteiger partial charge in [-0.25, -0.2) is 0 Å². The first-order chi connectivity index (χ1) is 6.16. The molecule has 1 amide bonds. The maximum atomic E-state index is 12.4. The first kappa shape index (κ1) is 12.9. The summed E-state index contributed by atoms with van der Waals surface area (Å²) in [4.78, 5) is 10.6. The van der Waals surface area contributed by atoms with Crippen molar-refractivity contribution >= 4 is 5.91 Å². The van der Waals surface area contributed by atoms with E-state index in [9.17, 15) is 26.7 Å². The Hall–Kier alpha value is -1.14. The first-order valence-electron chi connectivity index (χ1n) is 3.59. The number of hydrogen-bond donors (Lipinski definition) is 1. The van der Waals surface area contributed by atoms with E-state index in [4.69, 9.17) is 0 Å². The van der Waals surface area contributed by atoms with Gasteiger partial charge in [0.15, 0.2) is 0 Å². The first-order valence-corrected chi connectivity index (χ1v) is 3.59. The van der Waals surface area contributed by atoms with Crippen molar-refractivity contribution in [3.8, 4) is 0 Å². The summed E-state index contributed by atoms with van der Waals surface area (Å²) in [5.41, 5.74) is 0. The molecule has 82 valence electrons. The van der Waals surface area contributed by atoms with Crippen LogP contribution in [-0.2, 0) is 4.79 Å². The van der Waals surface area contributed by atoms with Gasteiger partial charge in [0.25, 0.3) is 5.91 Å². The number of hydrogen-bond acceptors (Lipinski definition) is 1. The van der Waals surface area contributed by atoms with Gasteiger partial charge in [-0.05, 0) is 13.8 Å². The van der Waals surface area contributed by atoms with Crippen LogP contribution in [0.3, 0.4) is 0 Å². The van der Waals surface area contributed by atoms with E-state index < -0.39 is 29.8 Å². The number of carbonyl (C=O) groups excluding carboxylic acids is 1. The molecular weight excluding hydrogens is 209 g/mol. The average molecular weight is 217 g/mol. The lowest BCUT2D eigenvalue weighted by Gasteiger charge is -2.08. The van der Waals surface area contributed by atoms with Crippen molar-refractivity contribution in [1.29, 1.82) is 0 Å². The molecule has 7 heteroatoms. The third kappa shape index (κ3) is 3.71. The number of halogens is 5. The molecule has 0 radical (unpaired) electrons. The van der Waals surface area contributed by atoms with Crippen molar-refractivity contribution in [3.05, 3.63) is 11.7 Å². The Bertz CT molecular complexity index is 255. The Morgan fingerprint density at radius 2 is 1.64 bits per heavy atom.